The highest BCUT2D eigenvalue weighted by Gasteiger charge is 2.21. The van der Waals surface area contributed by atoms with Gasteiger partial charge in [-0.25, -0.2) is 4.68 Å². The van der Waals surface area contributed by atoms with E-state index in [1.165, 1.54) is 16.8 Å². The zero-order valence-electron chi connectivity index (χ0n) is 10.1. The van der Waals surface area contributed by atoms with Gasteiger partial charge in [0, 0.05) is 17.3 Å². The second-order valence-electron chi connectivity index (χ2n) is 4.80. The van der Waals surface area contributed by atoms with Crippen LogP contribution in [0.1, 0.15) is 35.7 Å². The molecule has 0 aliphatic heterocycles. The molecular formula is C14H17N3. The van der Waals surface area contributed by atoms with E-state index >= 15 is 0 Å². The summed E-state index contributed by atoms with van der Waals surface area (Å²) in [5.41, 5.74) is 11.0. The Morgan fingerprint density at radius 1 is 1.41 bits per heavy atom. The van der Waals surface area contributed by atoms with Gasteiger partial charge >= 0.3 is 0 Å². The second-order valence-corrected chi connectivity index (χ2v) is 4.80. The molecule has 0 radical (unpaired) electrons. The van der Waals surface area contributed by atoms with Gasteiger partial charge in [-0.05, 0) is 43.9 Å². The Kier molecular flexibility index (Phi) is 2.48. The molecule has 88 valence electrons. The van der Waals surface area contributed by atoms with Crippen molar-refractivity contribution in [2.24, 2.45) is 5.73 Å². The molecule has 1 aromatic carbocycles. The molecule has 1 heterocycles. The number of hydrogen-bond acceptors (Lipinski definition) is 2. The van der Waals surface area contributed by atoms with E-state index in [4.69, 9.17) is 5.73 Å². The Hall–Kier alpha value is -1.61. The number of rotatable bonds is 1. The molecule has 1 atom stereocenters. The first-order valence-electron chi connectivity index (χ1n) is 6.15. The van der Waals surface area contributed by atoms with Gasteiger partial charge in [0.05, 0.1) is 11.9 Å². The summed E-state index contributed by atoms with van der Waals surface area (Å²) in [6.45, 7) is 2.10. The summed E-state index contributed by atoms with van der Waals surface area (Å²) in [6.07, 6.45) is 5.25. The summed E-state index contributed by atoms with van der Waals surface area (Å²) in [4.78, 5) is 0. The standard InChI is InChI=1S/C14H17N3/c1-10-4-2-5-11(8-10)17-14-7-3-6-13(15)12(14)9-16-17/h2,4-5,8-9,13H,3,6-7,15H2,1H3. The van der Waals surface area contributed by atoms with Gasteiger partial charge in [-0.1, -0.05) is 12.1 Å². The lowest BCUT2D eigenvalue weighted by Gasteiger charge is -2.19. The second kappa shape index (κ2) is 4.00. The molecule has 3 heteroatoms. The molecule has 1 unspecified atom stereocenters. The maximum absolute atomic E-state index is 6.11. The first-order chi connectivity index (χ1) is 8.25. The van der Waals surface area contributed by atoms with Crippen LogP contribution in [0.25, 0.3) is 5.69 Å². The van der Waals surface area contributed by atoms with Gasteiger partial charge in [0.1, 0.15) is 0 Å². The lowest BCUT2D eigenvalue weighted by atomic mass is 9.94. The van der Waals surface area contributed by atoms with Crippen molar-refractivity contribution in [3.63, 3.8) is 0 Å². The summed E-state index contributed by atoms with van der Waals surface area (Å²) < 4.78 is 2.04. The van der Waals surface area contributed by atoms with Crippen molar-refractivity contribution in [3.05, 3.63) is 47.3 Å². The van der Waals surface area contributed by atoms with Gasteiger partial charge < -0.3 is 5.73 Å². The van der Waals surface area contributed by atoms with E-state index in [-0.39, 0.29) is 6.04 Å². The Morgan fingerprint density at radius 3 is 3.12 bits per heavy atom. The fourth-order valence-corrected chi connectivity index (χ4v) is 2.57. The molecule has 0 bridgehead atoms. The highest BCUT2D eigenvalue weighted by atomic mass is 15.3. The van der Waals surface area contributed by atoms with Gasteiger partial charge in [0.15, 0.2) is 0 Å². The third kappa shape index (κ3) is 1.76. The first kappa shape index (κ1) is 10.5. The van der Waals surface area contributed by atoms with Crippen LogP contribution in [-0.4, -0.2) is 9.78 Å². The Bertz CT molecular complexity index is 542. The number of aryl methyl sites for hydroxylation is 1. The average molecular weight is 227 g/mol. The predicted molar refractivity (Wildman–Crippen MR) is 68.2 cm³/mol. The van der Waals surface area contributed by atoms with Crippen molar-refractivity contribution in [1.29, 1.82) is 0 Å². The van der Waals surface area contributed by atoms with E-state index in [1.807, 2.05) is 10.9 Å². The van der Waals surface area contributed by atoms with Crippen LogP contribution >= 0.6 is 0 Å². The van der Waals surface area contributed by atoms with Gasteiger partial charge in [-0.2, -0.15) is 5.10 Å². The lowest BCUT2D eigenvalue weighted by Crippen LogP contribution is -2.17. The number of hydrogen-bond donors (Lipinski definition) is 1. The van der Waals surface area contributed by atoms with Crippen LogP contribution in [0.3, 0.4) is 0 Å². The summed E-state index contributed by atoms with van der Waals surface area (Å²) in [7, 11) is 0. The Morgan fingerprint density at radius 2 is 2.29 bits per heavy atom. The number of benzene rings is 1. The minimum Gasteiger partial charge on any atom is -0.324 e. The molecule has 0 saturated carbocycles. The topological polar surface area (TPSA) is 43.8 Å². The van der Waals surface area contributed by atoms with Crippen molar-refractivity contribution in [3.8, 4) is 5.69 Å². The molecule has 0 spiro atoms. The summed E-state index contributed by atoms with van der Waals surface area (Å²) >= 11 is 0. The molecule has 2 aromatic rings. The highest BCUT2D eigenvalue weighted by molar-refractivity contribution is 5.39. The van der Waals surface area contributed by atoms with Gasteiger partial charge in [0.2, 0.25) is 0 Å². The van der Waals surface area contributed by atoms with E-state index in [0.717, 1.165) is 24.9 Å². The van der Waals surface area contributed by atoms with Crippen LogP contribution in [0, 0.1) is 6.92 Å². The van der Waals surface area contributed by atoms with Crippen molar-refractivity contribution in [1.82, 2.24) is 9.78 Å². The minimum absolute atomic E-state index is 0.164. The monoisotopic (exact) mass is 227 g/mol. The molecular weight excluding hydrogens is 210 g/mol. The lowest BCUT2D eigenvalue weighted by molar-refractivity contribution is 0.558. The van der Waals surface area contributed by atoms with Crippen LogP contribution in [0.4, 0.5) is 0 Å². The maximum Gasteiger partial charge on any atom is 0.0651 e. The highest BCUT2D eigenvalue weighted by Crippen LogP contribution is 2.29. The largest absolute Gasteiger partial charge is 0.324 e. The van der Waals surface area contributed by atoms with E-state index in [2.05, 4.69) is 36.3 Å². The van der Waals surface area contributed by atoms with Gasteiger partial charge in [-0.15, -0.1) is 0 Å². The van der Waals surface area contributed by atoms with Gasteiger partial charge in [-0.3, -0.25) is 0 Å². The number of fused-ring (bicyclic) bond motifs is 1. The van der Waals surface area contributed by atoms with Crippen molar-refractivity contribution in [2.45, 2.75) is 32.2 Å². The molecule has 0 saturated heterocycles. The molecule has 17 heavy (non-hydrogen) atoms. The quantitative estimate of drug-likeness (QED) is 0.813. The van der Waals surface area contributed by atoms with E-state index in [0.29, 0.717) is 0 Å². The fraction of sp³-hybridized carbons (Fsp3) is 0.357. The normalized spacial score (nSPS) is 19.1. The third-order valence-electron chi connectivity index (χ3n) is 3.48. The maximum atomic E-state index is 6.11. The zero-order chi connectivity index (χ0) is 11.8. The summed E-state index contributed by atoms with van der Waals surface area (Å²) in [6, 6.07) is 8.60. The van der Waals surface area contributed by atoms with Crippen LogP contribution in [0.2, 0.25) is 0 Å². The summed E-state index contributed by atoms with van der Waals surface area (Å²) in [5, 5.41) is 4.50. The van der Waals surface area contributed by atoms with Crippen molar-refractivity contribution >= 4 is 0 Å². The Labute approximate surface area is 101 Å². The van der Waals surface area contributed by atoms with Gasteiger partial charge in [0.25, 0.3) is 0 Å². The predicted octanol–water partition coefficient (Wildman–Crippen LogP) is 2.52. The van der Waals surface area contributed by atoms with Crippen LogP contribution in [0.5, 0.6) is 0 Å². The van der Waals surface area contributed by atoms with Crippen molar-refractivity contribution < 1.29 is 0 Å². The SMILES string of the molecule is Cc1cccc(-n2ncc3c2CCCC3N)c1. The molecule has 1 aromatic heterocycles. The molecule has 0 amide bonds. The molecule has 2 N–H and O–H groups in total. The molecule has 0 fully saturated rings. The number of aromatic nitrogens is 2. The van der Waals surface area contributed by atoms with Crippen LogP contribution < -0.4 is 5.73 Å². The number of nitrogens with zero attached hydrogens (tertiary/aromatic N) is 2. The molecule has 1 aliphatic rings. The van der Waals surface area contributed by atoms with Crippen molar-refractivity contribution in [2.75, 3.05) is 0 Å². The average Bonchev–Trinajstić information content (AvgIpc) is 2.74. The number of nitrogens with two attached hydrogens (primary N) is 1. The first-order valence-corrected chi connectivity index (χ1v) is 6.15. The minimum atomic E-state index is 0.164. The Balaban J connectivity index is 2.10. The third-order valence-corrected chi connectivity index (χ3v) is 3.48. The van der Waals surface area contributed by atoms with Crippen LogP contribution in [0.15, 0.2) is 30.5 Å². The van der Waals surface area contributed by atoms with E-state index in [1.54, 1.807) is 0 Å². The molecule has 1 aliphatic carbocycles. The fourth-order valence-electron chi connectivity index (χ4n) is 2.57. The van der Waals surface area contributed by atoms with E-state index in [9.17, 15) is 0 Å². The van der Waals surface area contributed by atoms with Crippen LogP contribution in [-0.2, 0) is 6.42 Å². The van der Waals surface area contributed by atoms with E-state index < -0.39 is 0 Å². The molecule has 3 nitrogen and oxygen atoms in total. The molecule has 3 rings (SSSR count). The zero-order valence-corrected chi connectivity index (χ0v) is 10.1. The smallest absolute Gasteiger partial charge is 0.0651 e. The summed E-state index contributed by atoms with van der Waals surface area (Å²) in [5.74, 6) is 0.